The molecule has 0 N–H and O–H groups in total. The molecule has 0 amide bonds. The van der Waals surface area contributed by atoms with E-state index in [4.69, 9.17) is 0 Å². The lowest BCUT2D eigenvalue weighted by molar-refractivity contribution is 0.516. The standard InChI is InChI=1S/C16H30/c1-4-5-6-7-8-9-10-11-12-13-14-15-16(2)3/h4-5,7-8,16H,6,9-15H2,1-3H3/b5-4+,8-7+. The largest absolute Gasteiger partial charge is 0.0914 e. The number of hydrogen-bond acceptors (Lipinski definition) is 0. The molecule has 0 aromatic carbocycles. The summed E-state index contributed by atoms with van der Waals surface area (Å²) in [6.07, 6.45) is 19.7. The van der Waals surface area contributed by atoms with Gasteiger partial charge in [-0.1, -0.05) is 70.3 Å². The maximum atomic E-state index is 2.33. The molecule has 16 heavy (non-hydrogen) atoms. The van der Waals surface area contributed by atoms with Gasteiger partial charge in [0.25, 0.3) is 0 Å². The van der Waals surface area contributed by atoms with E-state index in [1.807, 2.05) is 0 Å². The summed E-state index contributed by atoms with van der Waals surface area (Å²) < 4.78 is 0. The van der Waals surface area contributed by atoms with Crippen LogP contribution in [0.3, 0.4) is 0 Å². The van der Waals surface area contributed by atoms with Gasteiger partial charge in [0, 0.05) is 0 Å². The summed E-state index contributed by atoms with van der Waals surface area (Å²) in [6.45, 7) is 6.70. The van der Waals surface area contributed by atoms with Crippen LogP contribution in [0.25, 0.3) is 0 Å². The molecule has 0 heterocycles. The molecule has 0 atom stereocenters. The zero-order chi connectivity index (χ0) is 12.1. The number of rotatable bonds is 10. The summed E-state index contributed by atoms with van der Waals surface area (Å²) in [4.78, 5) is 0. The molecule has 0 bridgehead atoms. The summed E-state index contributed by atoms with van der Waals surface area (Å²) in [5, 5.41) is 0. The number of unbranched alkanes of at least 4 members (excludes halogenated alkanes) is 5. The highest BCUT2D eigenvalue weighted by atomic mass is 14.0. The second kappa shape index (κ2) is 12.5. The Balaban J connectivity index is 3.06. The van der Waals surface area contributed by atoms with Crippen LogP contribution in [0.1, 0.15) is 72.1 Å². The maximum Gasteiger partial charge on any atom is -0.0169 e. The number of hydrogen-bond donors (Lipinski definition) is 0. The van der Waals surface area contributed by atoms with Gasteiger partial charge < -0.3 is 0 Å². The van der Waals surface area contributed by atoms with Crippen LogP contribution in [-0.4, -0.2) is 0 Å². The van der Waals surface area contributed by atoms with Crippen molar-refractivity contribution in [1.82, 2.24) is 0 Å². The molecule has 0 fully saturated rings. The van der Waals surface area contributed by atoms with Gasteiger partial charge in [-0.3, -0.25) is 0 Å². The lowest BCUT2D eigenvalue weighted by atomic mass is 10.0. The van der Waals surface area contributed by atoms with Gasteiger partial charge in [0.15, 0.2) is 0 Å². The summed E-state index contributed by atoms with van der Waals surface area (Å²) in [5.74, 6) is 0.884. The Labute approximate surface area is 103 Å². The van der Waals surface area contributed by atoms with E-state index in [2.05, 4.69) is 45.1 Å². The van der Waals surface area contributed by atoms with Gasteiger partial charge in [-0.25, -0.2) is 0 Å². The van der Waals surface area contributed by atoms with Gasteiger partial charge in [-0.15, -0.1) is 0 Å². The van der Waals surface area contributed by atoms with Crippen molar-refractivity contribution in [3.05, 3.63) is 24.3 Å². The highest BCUT2D eigenvalue weighted by Crippen LogP contribution is 2.11. The van der Waals surface area contributed by atoms with Gasteiger partial charge in [-0.2, -0.15) is 0 Å². The Morgan fingerprint density at radius 2 is 1.50 bits per heavy atom. The molecule has 0 saturated carbocycles. The quantitative estimate of drug-likeness (QED) is 0.319. The monoisotopic (exact) mass is 222 g/mol. The van der Waals surface area contributed by atoms with E-state index in [-0.39, 0.29) is 0 Å². The number of allylic oxidation sites excluding steroid dienone is 4. The molecule has 0 aliphatic rings. The maximum absolute atomic E-state index is 2.33. The van der Waals surface area contributed by atoms with Gasteiger partial charge in [0.1, 0.15) is 0 Å². The second-order valence-corrected chi connectivity index (χ2v) is 5.02. The minimum Gasteiger partial charge on any atom is -0.0914 e. The van der Waals surface area contributed by atoms with Gasteiger partial charge in [-0.05, 0) is 32.1 Å². The van der Waals surface area contributed by atoms with Gasteiger partial charge >= 0.3 is 0 Å². The summed E-state index contributed by atoms with van der Waals surface area (Å²) in [7, 11) is 0. The van der Waals surface area contributed by atoms with Crippen LogP contribution in [0.2, 0.25) is 0 Å². The first-order valence-corrected chi connectivity index (χ1v) is 7.03. The molecule has 0 heteroatoms. The third kappa shape index (κ3) is 13.5. The van der Waals surface area contributed by atoms with Crippen LogP contribution in [-0.2, 0) is 0 Å². The SMILES string of the molecule is C/C=C/C/C=C/CCCCCCCC(C)C. The van der Waals surface area contributed by atoms with Gasteiger partial charge in [0.2, 0.25) is 0 Å². The molecule has 0 spiro atoms. The first kappa shape index (κ1) is 15.5. The molecular weight excluding hydrogens is 192 g/mol. The molecule has 0 aromatic rings. The third-order valence-corrected chi connectivity index (χ3v) is 2.83. The van der Waals surface area contributed by atoms with E-state index in [0.717, 1.165) is 12.3 Å². The average Bonchev–Trinajstić information content (AvgIpc) is 2.25. The zero-order valence-corrected chi connectivity index (χ0v) is 11.5. The van der Waals surface area contributed by atoms with E-state index in [9.17, 15) is 0 Å². The topological polar surface area (TPSA) is 0 Å². The molecule has 0 unspecified atom stereocenters. The van der Waals surface area contributed by atoms with Crippen molar-refractivity contribution in [2.45, 2.75) is 72.1 Å². The third-order valence-electron chi connectivity index (χ3n) is 2.83. The highest BCUT2D eigenvalue weighted by Gasteiger charge is 1.93. The van der Waals surface area contributed by atoms with Crippen molar-refractivity contribution in [2.24, 2.45) is 5.92 Å². The fourth-order valence-electron chi connectivity index (χ4n) is 1.77. The molecule has 0 aliphatic carbocycles. The lowest BCUT2D eigenvalue weighted by Crippen LogP contribution is -1.86. The lowest BCUT2D eigenvalue weighted by Gasteiger charge is -2.03. The molecule has 0 rings (SSSR count). The van der Waals surface area contributed by atoms with Crippen molar-refractivity contribution >= 4 is 0 Å². The van der Waals surface area contributed by atoms with Gasteiger partial charge in [0.05, 0.1) is 0 Å². The zero-order valence-electron chi connectivity index (χ0n) is 11.5. The summed E-state index contributed by atoms with van der Waals surface area (Å²) >= 11 is 0. The molecule has 0 saturated heterocycles. The molecule has 0 aromatic heterocycles. The van der Waals surface area contributed by atoms with Crippen LogP contribution in [0.4, 0.5) is 0 Å². The Morgan fingerprint density at radius 1 is 0.812 bits per heavy atom. The van der Waals surface area contributed by atoms with E-state index in [1.54, 1.807) is 0 Å². The highest BCUT2D eigenvalue weighted by molar-refractivity contribution is 4.91. The van der Waals surface area contributed by atoms with Crippen molar-refractivity contribution in [3.8, 4) is 0 Å². The van der Waals surface area contributed by atoms with Crippen LogP contribution in [0.5, 0.6) is 0 Å². The Kier molecular flexibility index (Phi) is 12.1. The predicted octanol–water partition coefficient (Wildman–Crippen LogP) is 5.90. The molecule has 0 radical (unpaired) electrons. The predicted molar refractivity (Wildman–Crippen MR) is 75.7 cm³/mol. The van der Waals surface area contributed by atoms with Crippen molar-refractivity contribution < 1.29 is 0 Å². The first-order valence-electron chi connectivity index (χ1n) is 7.03. The fraction of sp³-hybridized carbons (Fsp3) is 0.750. The van der Waals surface area contributed by atoms with E-state index < -0.39 is 0 Å². The van der Waals surface area contributed by atoms with Crippen molar-refractivity contribution in [3.63, 3.8) is 0 Å². The van der Waals surface area contributed by atoms with Crippen molar-refractivity contribution in [1.29, 1.82) is 0 Å². The Bertz CT molecular complexity index is 174. The Morgan fingerprint density at radius 3 is 2.19 bits per heavy atom. The average molecular weight is 222 g/mol. The molecule has 0 nitrogen and oxygen atoms in total. The smallest absolute Gasteiger partial charge is 0.0169 e. The minimum atomic E-state index is 0.884. The second-order valence-electron chi connectivity index (χ2n) is 5.02. The van der Waals surface area contributed by atoms with Crippen LogP contribution in [0.15, 0.2) is 24.3 Å². The summed E-state index contributed by atoms with van der Waals surface area (Å²) in [6, 6.07) is 0. The van der Waals surface area contributed by atoms with Crippen LogP contribution in [0, 0.1) is 5.92 Å². The van der Waals surface area contributed by atoms with E-state index in [0.29, 0.717) is 0 Å². The Hall–Kier alpha value is -0.520. The molecule has 0 aliphatic heterocycles. The normalized spacial score (nSPS) is 12.2. The molecule has 94 valence electrons. The van der Waals surface area contributed by atoms with E-state index >= 15 is 0 Å². The van der Waals surface area contributed by atoms with Crippen LogP contribution >= 0.6 is 0 Å². The molecular formula is C16H30. The van der Waals surface area contributed by atoms with E-state index in [1.165, 1.54) is 44.9 Å². The van der Waals surface area contributed by atoms with Crippen molar-refractivity contribution in [2.75, 3.05) is 0 Å². The fourth-order valence-corrected chi connectivity index (χ4v) is 1.77. The summed E-state index contributed by atoms with van der Waals surface area (Å²) in [5.41, 5.74) is 0. The first-order chi connectivity index (χ1) is 7.77. The minimum absolute atomic E-state index is 0.884. The van der Waals surface area contributed by atoms with Crippen LogP contribution < -0.4 is 0 Å².